The van der Waals surface area contributed by atoms with Gasteiger partial charge in [-0.15, -0.1) is 0 Å². The first-order chi connectivity index (χ1) is 6.52. The first kappa shape index (κ1) is 12.8. The zero-order valence-electron chi connectivity index (χ0n) is 8.82. The van der Waals surface area contributed by atoms with Crippen molar-refractivity contribution in [1.82, 2.24) is 0 Å². The normalized spacial score (nSPS) is 9.00. The van der Waals surface area contributed by atoms with Crippen LogP contribution in [0.3, 0.4) is 0 Å². The molecule has 0 spiro atoms. The second-order valence-corrected chi connectivity index (χ2v) is 2.66. The van der Waals surface area contributed by atoms with E-state index < -0.39 is 17.4 Å². The summed E-state index contributed by atoms with van der Waals surface area (Å²) in [5.74, 6) is -2.50. The lowest BCUT2D eigenvalue weighted by atomic mass is 10.1. The van der Waals surface area contributed by atoms with E-state index in [2.05, 4.69) is 0 Å². The van der Waals surface area contributed by atoms with Gasteiger partial charge < -0.3 is 0 Å². The lowest BCUT2D eigenvalue weighted by Crippen LogP contribution is -2.00. The fraction of sp³-hybridized carbons (Fsp3) is 0.364. The maximum Gasteiger partial charge on any atom is 0.169 e. The molecule has 0 aliphatic heterocycles. The number of ketones is 1. The molecule has 0 saturated carbocycles. The highest BCUT2D eigenvalue weighted by atomic mass is 19.2. The number of benzene rings is 1. The molecule has 1 nitrogen and oxygen atoms in total. The Morgan fingerprint density at radius 2 is 1.71 bits per heavy atom. The van der Waals surface area contributed by atoms with E-state index in [-0.39, 0.29) is 5.56 Å². The average molecular weight is 200 g/mol. The van der Waals surface area contributed by atoms with E-state index in [1.807, 2.05) is 13.8 Å². The molecule has 1 aromatic carbocycles. The van der Waals surface area contributed by atoms with Crippen molar-refractivity contribution in [2.75, 3.05) is 0 Å². The quantitative estimate of drug-likeness (QED) is 0.634. The Labute approximate surface area is 82.8 Å². The first-order valence-corrected chi connectivity index (χ1v) is 4.49. The molecule has 3 heteroatoms. The molecular weight excluding hydrogens is 186 g/mol. The largest absolute Gasteiger partial charge is 0.294 e. The third-order valence-corrected chi connectivity index (χ3v) is 1.55. The second kappa shape index (κ2) is 5.47. The van der Waals surface area contributed by atoms with Crippen LogP contribution in [0.2, 0.25) is 0 Å². The summed E-state index contributed by atoms with van der Waals surface area (Å²) < 4.78 is 25.5. The first-order valence-electron chi connectivity index (χ1n) is 4.49. The third-order valence-electron chi connectivity index (χ3n) is 1.55. The van der Waals surface area contributed by atoms with Gasteiger partial charge in [0.25, 0.3) is 0 Å². The van der Waals surface area contributed by atoms with Gasteiger partial charge in [-0.1, -0.05) is 13.8 Å². The van der Waals surface area contributed by atoms with Crippen LogP contribution in [-0.4, -0.2) is 5.78 Å². The highest BCUT2D eigenvalue weighted by molar-refractivity contribution is 5.94. The minimum Gasteiger partial charge on any atom is -0.294 e. The molecule has 0 bridgehead atoms. The lowest BCUT2D eigenvalue weighted by molar-refractivity contribution is 0.101. The van der Waals surface area contributed by atoms with Gasteiger partial charge in [0.1, 0.15) is 0 Å². The summed E-state index contributed by atoms with van der Waals surface area (Å²) in [6.45, 7) is 6.81. The molecule has 78 valence electrons. The van der Waals surface area contributed by atoms with Crippen LogP contribution in [0, 0.1) is 18.6 Å². The molecule has 0 amide bonds. The van der Waals surface area contributed by atoms with Crippen molar-refractivity contribution in [1.29, 1.82) is 0 Å². The van der Waals surface area contributed by atoms with Gasteiger partial charge >= 0.3 is 0 Å². The summed E-state index contributed by atoms with van der Waals surface area (Å²) in [6.07, 6.45) is 0. The summed E-state index contributed by atoms with van der Waals surface area (Å²) in [6, 6.07) is 2.39. The predicted octanol–water partition coefficient (Wildman–Crippen LogP) is 3.50. The molecule has 0 atom stereocenters. The molecule has 0 aliphatic carbocycles. The van der Waals surface area contributed by atoms with E-state index in [1.165, 1.54) is 13.0 Å². The monoisotopic (exact) mass is 200 g/mol. The number of carbonyl (C=O) groups is 1. The summed E-state index contributed by atoms with van der Waals surface area (Å²) >= 11 is 0. The Hall–Kier alpha value is -1.25. The van der Waals surface area contributed by atoms with Gasteiger partial charge in [-0.2, -0.15) is 0 Å². The number of rotatable bonds is 1. The third kappa shape index (κ3) is 2.91. The molecule has 0 heterocycles. The Bertz CT molecular complexity index is 332. The smallest absolute Gasteiger partial charge is 0.169 e. The van der Waals surface area contributed by atoms with Crippen molar-refractivity contribution in [2.45, 2.75) is 27.7 Å². The van der Waals surface area contributed by atoms with Crippen molar-refractivity contribution >= 4 is 5.78 Å². The van der Waals surface area contributed by atoms with Crippen LogP contribution in [0.25, 0.3) is 0 Å². The van der Waals surface area contributed by atoms with E-state index >= 15 is 0 Å². The van der Waals surface area contributed by atoms with Crippen LogP contribution in [0.5, 0.6) is 0 Å². The minimum atomic E-state index is -1.06. The molecule has 0 unspecified atom stereocenters. The van der Waals surface area contributed by atoms with Gasteiger partial charge in [-0.05, 0) is 31.5 Å². The SMILES string of the molecule is CC.CC(=O)c1cc(C)cc(F)c1F. The number of hydrogen-bond acceptors (Lipinski definition) is 1. The highest BCUT2D eigenvalue weighted by Gasteiger charge is 2.12. The fourth-order valence-corrected chi connectivity index (χ4v) is 0.981. The maximum absolute atomic E-state index is 12.8. The van der Waals surface area contributed by atoms with E-state index in [0.717, 1.165) is 6.07 Å². The molecule has 1 rings (SSSR count). The van der Waals surface area contributed by atoms with Crippen LogP contribution < -0.4 is 0 Å². The topological polar surface area (TPSA) is 17.1 Å². The van der Waals surface area contributed by atoms with Crippen LogP contribution in [0.1, 0.15) is 36.7 Å². The fourth-order valence-electron chi connectivity index (χ4n) is 0.981. The zero-order valence-corrected chi connectivity index (χ0v) is 8.82. The van der Waals surface area contributed by atoms with Gasteiger partial charge in [0.15, 0.2) is 17.4 Å². The van der Waals surface area contributed by atoms with Crippen molar-refractivity contribution in [3.05, 3.63) is 34.9 Å². The minimum absolute atomic E-state index is 0.187. The lowest BCUT2D eigenvalue weighted by Gasteiger charge is -2.00. The summed E-state index contributed by atoms with van der Waals surface area (Å²) in [4.78, 5) is 10.8. The predicted molar refractivity (Wildman–Crippen MR) is 52.4 cm³/mol. The Kier molecular flexibility index (Phi) is 4.99. The molecule has 1 aromatic rings. The van der Waals surface area contributed by atoms with E-state index in [0.29, 0.717) is 5.56 Å². The number of Topliss-reactive ketones (excluding diaryl/α,β-unsaturated/α-hetero) is 1. The molecule has 0 saturated heterocycles. The van der Waals surface area contributed by atoms with Gasteiger partial charge in [0, 0.05) is 0 Å². The summed E-state index contributed by atoms with van der Waals surface area (Å²) in [5, 5.41) is 0. The standard InChI is InChI=1S/C9H8F2O.C2H6/c1-5-3-7(6(2)12)9(11)8(10)4-5;1-2/h3-4H,1-2H3;1-2H3. The Balaban J connectivity index is 0.000000791. The van der Waals surface area contributed by atoms with Gasteiger partial charge in [-0.25, -0.2) is 8.78 Å². The van der Waals surface area contributed by atoms with Crippen LogP contribution in [-0.2, 0) is 0 Å². The highest BCUT2D eigenvalue weighted by Crippen LogP contribution is 2.14. The van der Waals surface area contributed by atoms with E-state index in [1.54, 1.807) is 6.92 Å². The van der Waals surface area contributed by atoms with Crippen molar-refractivity contribution < 1.29 is 13.6 Å². The van der Waals surface area contributed by atoms with Gasteiger partial charge in [0.05, 0.1) is 5.56 Å². The Morgan fingerprint density at radius 1 is 1.21 bits per heavy atom. The molecular formula is C11H14F2O. The number of aryl methyl sites for hydroxylation is 1. The summed E-state index contributed by atoms with van der Waals surface area (Å²) in [5.41, 5.74) is 0.353. The van der Waals surface area contributed by atoms with E-state index in [4.69, 9.17) is 0 Å². The molecule has 0 aromatic heterocycles. The maximum atomic E-state index is 12.8. The van der Waals surface area contributed by atoms with Crippen LogP contribution >= 0.6 is 0 Å². The molecule has 0 aliphatic rings. The van der Waals surface area contributed by atoms with Crippen molar-refractivity contribution in [3.63, 3.8) is 0 Å². The second-order valence-electron chi connectivity index (χ2n) is 2.66. The zero-order chi connectivity index (χ0) is 11.3. The summed E-state index contributed by atoms with van der Waals surface area (Å²) in [7, 11) is 0. The van der Waals surface area contributed by atoms with E-state index in [9.17, 15) is 13.6 Å². The van der Waals surface area contributed by atoms with Crippen molar-refractivity contribution in [2.24, 2.45) is 0 Å². The number of halogens is 2. The average Bonchev–Trinajstić information content (AvgIpc) is 2.14. The molecule has 0 fully saturated rings. The number of hydrogen-bond donors (Lipinski definition) is 0. The molecule has 0 N–H and O–H groups in total. The van der Waals surface area contributed by atoms with Gasteiger partial charge in [-0.3, -0.25) is 4.79 Å². The van der Waals surface area contributed by atoms with Gasteiger partial charge in [0.2, 0.25) is 0 Å². The Morgan fingerprint density at radius 3 is 2.14 bits per heavy atom. The van der Waals surface area contributed by atoms with Crippen LogP contribution in [0.15, 0.2) is 12.1 Å². The number of carbonyl (C=O) groups excluding carboxylic acids is 1. The molecule has 14 heavy (non-hydrogen) atoms. The van der Waals surface area contributed by atoms with Crippen LogP contribution in [0.4, 0.5) is 8.78 Å². The van der Waals surface area contributed by atoms with Crippen molar-refractivity contribution in [3.8, 4) is 0 Å². The molecule has 0 radical (unpaired) electrons.